The summed E-state index contributed by atoms with van der Waals surface area (Å²) >= 11 is 10.2. The molecule has 0 unspecified atom stereocenters. The van der Waals surface area contributed by atoms with Crippen molar-refractivity contribution in [2.75, 3.05) is 0 Å². The molecule has 0 spiro atoms. The quantitative estimate of drug-likeness (QED) is 0.301. The molecule has 126 valence electrons. The minimum absolute atomic E-state index is 0.682. The Morgan fingerprint density at radius 2 is 1.27 bits per heavy atom. The first-order valence-corrected chi connectivity index (χ1v) is 17.8. The predicted octanol–water partition coefficient (Wildman–Crippen LogP) is 7.92. The number of hydrogen-bond donors (Lipinski definition) is 0. The van der Waals surface area contributed by atoms with Crippen LogP contribution in [-0.4, -0.2) is 18.4 Å². The van der Waals surface area contributed by atoms with E-state index in [1.165, 1.54) is 48.5 Å². The fraction of sp³-hybridized carbons (Fsp3) is 0.684. The van der Waals surface area contributed by atoms with Crippen LogP contribution in [0.4, 0.5) is 0 Å². The van der Waals surface area contributed by atoms with Crippen molar-refractivity contribution in [3.63, 3.8) is 0 Å². The molecule has 0 aliphatic heterocycles. The minimum atomic E-state index is -2.10. The van der Waals surface area contributed by atoms with Gasteiger partial charge in [0.2, 0.25) is 0 Å². The van der Waals surface area contributed by atoms with Gasteiger partial charge in [-0.05, 0) is 0 Å². The first-order valence-electron chi connectivity index (χ1n) is 9.01. The van der Waals surface area contributed by atoms with Crippen LogP contribution in [0.25, 0.3) is 0 Å². The zero-order chi connectivity index (χ0) is 16.4. The summed E-state index contributed by atoms with van der Waals surface area (Å²) in [4.78, 5) is 0. The summed E-state index contributed by atoms with van der Waals surface area (Å²) < 4.78 is 5.99. The van der Waals surface area contributed by atoms with Gasteiger partial charge in [0.25, 0.3) is 0 Å². The van der Waals surface area contributed by atoms with E-state index in [9.17, 15) is 0 Å². The third-order valence-electron chi connectivity index (χ3n) is 4.75. The summed E-state index contributed by atoms with van der Waals surface area (Å²) in [6.07, 6.45) is 8.26. The van der Waals surface area contributed by atoms with Gasteiger partial charge in [-0.25, -0.2) is 0 Å². The molecule has 0 aliphatic carbocycles. The van der Waals surface area contributed by atoms with E-state index in [1.807, 2.05) is 6.07 Å². The standard InChI is InChI=1S/C7H5Cl2.3C4H9.Sn/c1-5-2-3-6(8)7(9)4-5;3*1-3-4-2;/h2-4H,1H2;3*1,3-4H2,2H3;. The van der Waals surface area contributed by atoms with E-state index >= 15 is 0 Å². The van der Waals surface area contributed by atoms with Crippen LogP contribution in [0.1, 0.15) is 64.9 Å². The van der Waals surface area contributed by atoms with Crippen LogP contribution in [0, 0.1) is 0 Å². The van der Waals surface area contributed by atoms with Crippen LogP contribution in [-0.2, 0) is 4.44 Å². The van der Waals surface area contributed by atoms with Gasteiger partial charge < -0.3 is 0 Å². The molecule has 1 aromatic rings. The molecule has 0 atom stereocenters. The predicted molar refractivity (Wildman–Crippen MR) is 105 cm³/mol. The monoisotopic (exact) mass is 450 g/mol. The SMILES string of the molecule is CCC[CH2][Sn]([CH2]CCC)([CH2]CCC)[CH2]c1ccc(Cl)c(Cl)c1. The van der Waals surface area contributed by atoms with Crippen molar-refractivity contribution in [3.8, 4) is 0 Å². The average molecular weight is 450 g/mol. The topological polar surface area (TPSA) is 0 Å². The molecule has 0 amide bonds. The molecule has 0 saturated heterocycles. The van der Waals surface area contributed by atoms with E-state index in [2.05, 4.69) is 32.9 Å². The second kappa shape index (κ2) is 11.2. The average Bonchev–Trinajstić information content (AvgIpc) is 2.52. The molecule has 22 heavy (non-hydrogen) atoms. The van der Waals surface area contributed by atoms with Gasteiger partial charge in [-0.15, -0.1) is 0 Å². The summed E-state index contributed by atoms with van der Waals surface area (Å²) in [5.74, 6) is 0. The molecule has 0 nitrogen and oxygen atoms in total. The van der Waals surface area contributed by atoms with Gasteiger partial charge in [-0.2, -0.15) is 0 Å². The van der Waals surface area contributed by atoms with Gasteiger partial charge in [0.15, 0.2) is 0 Å². The van der Waals surface area contributed by atoms with Gasteiger partial charge in [0.1, 0.15) is 0 Å². The molecule has 1 aromatic carbocycles. The van der Waals surface area contributed by atoms with Crippen molar-refractivity contribution in [1.29, 1.82) is 0 Å². The van der Waals surface area contributed by atoms with Crippen molar-refractivity contribution in [2.45, 2.75) is 77.0 Å². The second-order valence-corrected chi connectivity index (χ2v) is 21.4. The third-order valence-corrected chi connectivity index (χ3v) is 20.9. The van der Waals surface area contributed by atoms with Crippen molar-refractivity contribution in [1.82, 2.24) is 0 Å². The van der Waals surface area contributed by atoms with Crippen LogP contribution in [0.2, 0.25) is 23.4 Å². The van der Waals surface area contributed by atoms with Gasteiger partial charge in [-0.3, -0.25) is 0 Å². The molecule has 0 saturated carbocycles. The number of halogens is 2. The van der Waals surface area contributed by atoms with Crippen molar-refractivity contribution in [2.24, 2.45) is 0 Å². The second-order valence-electron chi connectivity index (χ2n) is 6.74. The van der Waals surface area contributed by atoms with Gasteiger partial charge in [0, 0.05) is 0 Å². The molecule has 3 heteroatoms. The molecule has 0 N–H and O–H groups in total. The van der Waals surface area contributed by atoms with E-state index in [0.717, 1.165) is 5.02 Å². The molecule has 1 rings (SSSR count). The number of rotatable bonds is 11. The Kier molecular flexibility index (Phi) is 10.5. The molecule has 0 fully saturated rings. The number of unbranched alkanes of at least 4 members (excludes halogenated alkanes) is 3. The first kappa shape index (κ1) is 20.6. The Labute approximate surface area is 151 Å². The van der Waals surface area contributed by atoms with E-state index in [0.29, 0.717) is 5.02 Å². The summed E-state index contributed by atoms with van der Waals surface area (Å²) in [5, 5.41) is 1.41. The van der Waals surface area contributed by atoms with Crippen LogP contribution in [0.3, 0.4) is 0 Å². The molecular weight excluding hydrogens is 418 g/mol. The molecular formula is C19H32Cl2Sn. The van der Waals surface area contributed by atoms with E-state index in [-0.39, 0.29) is 0 Å². The molecule has 0 heterocycles. The summed E-state index contributed by atoms with van der Waals surface area (Å²) in [6.45, 7) is 6.99. The van der Waals surface area contributed by atoms with E-state index < -0.39 is 18.4 Å². The van der Waals surface area contributed by atoms with Gasteiger partial charge in [-0.1, -0.05) is 0 Å². The summed E-state index contributed by atoms with van der Waals surface area (Å²) in [5.41, 5.74) is 1.44. The van der Waals surface area contributed by atoms with Crippen molar-refractivity contribution in [3.05, 3.63) is 33.8 Å². The number of hydrogen-bond acceptors (Lipinski definition) is 0. The van der Waals surface area contributed by atoms with Crippen molar-refractivity contribution >= 4 is 41.6 Å². The fourth-order valence-corrected chi connectivity index (χ4v) is 19.9. The Balaban J connectivity index is 2.94. The summed E-state index contributed by atoms with van der Waals surface area (Å²) in [6, 6.07) is 6.32. The third kappa shape index (κ3) is 7.01. The van der Waals surface area contributed by atoms with E-state index in [1.54, 1.807) is 13.3 Å². The van der Waals surface area contributed by atoms with Crippen LogP contribution in [0.15, 0.2) is 18.2 Å². The van der Waals surface area contributed by atoms with Crippen molar-refractivity contribution < 1.29 is 0 Å². The van der Waals surface area contributed by atoms with Crippen LogP contribution in [0.5, 0.6) is 0 Å². The zero-order valence-corrected chi connectivity index (χ0v) is 18.9. The normalized spacial score (nSPS) is 11.9. The fourth-order valence-electron chi connectivity index (χ4n) is 3.38. The molecule has 0 aliphatic rings. The summed E-state index contributed by atoms with van der Waals surface area (Å²) in [7, 11) is 0. The molecule has 0 bridgehead atoms. The van der Waals surface area contributed by atoms with Gasteiger partial charge >= 0.3 is 152 Å². The maximum absolute atomic E-state index is 6.25. The Bertz CT molecular complexity index is 410. The molecule has 0 aromatic heterocycles. The zero-order valence-electron chi connectivity index (χ0n) is 14.6. The Morgan fingerprint density at radius 1 is 0.773 bits per heavy atom. The van der Waals surface area contributed by atoms with Crippen LogP contribution >= 0.6 is 23.2 Å². The number of benzene rings is 1. The Morgan fingerprint density at radius 3 is 1.68 bits per heavy atom. The first-order chi connectivity index (χ1) is 10.6. The van der Waals surface area contributed by atoms with Gasteiger partial charge in [0.05, 0.1) is 0 Å². The molecule has 0 radical (unpaired) electrons. The Hall–Kier alpha value is 0.599. The maximum atomic E-state index is 6.25. The van der Waals surface area contributed by atoms with E-state index in [4.69, 9.17) is 23.2 Å². The van der Waals surface area contributed by atoms with Crippen LogP contribution < -0.4 is 0 Å².